The minimum atomic E-state index is -3.69. The second kappa shape index (κ2) is 10.5. The number of aryl methyl sites for hydroxylation is 2. The van der Waals surface area contributed by atoms with E-state index in [1.807, 2.05) is 68.4 Å². The molecule has 1 heterocycles. The fraction of sp³-hybridized carbons (Fsp3) is 0.333. The number of sulfone groups is 1. The van der Waals surface area contributed by atoms with Crippen LogP contribution in [0.2, 0.25) is 0 Å². The van der Waals surface area contributed by atoms with Crippen molar-refractivity contribution < 1.29 is 17.6 Å². The zero-order valence-corrected chi connectivity index (χ0v) is 19.5. The van der Waals surface area contributed by atoms with Crippen molar-refractivity contribution in [3.8, 4) is 11.5 Å². The van der Waals surface area contributed by atoms with Crippen molar-refractivity contribution in [3.05, 3.63) is 71.6 Å². The van der Waals surface area contributed by atoms with E-state index in [4.69, 9.17) is 4.42 Å². The number of oxazole rings is 1. The van der Waals surface area contributed by atoms with E-state index in [9.17, 15) is 13.2 Å². The Kier molecular flexibility index (Phi) is 7.69. The highest BCUT2D eigenvalue weighted by Crippen LogP contribution is 2.23. The molecule has 0 saturated heterocycles. The predicted molar refractivity (Wildman–Crippen MR) is 126 cm³/mol. The summed E-state index contributed by atoms with van der Waals surface area (Å²) in [6, 6.07) is 17.5. The van der Waals surface area contributed by atoms with Gasteiger partial charge < -0.3 is 14.6 Å². The Labute approximate surface area is 189 Å². The molecule has 32 heavy (non-hydrogen) atoms. The molecule has 0 radical (unpaired) electrons. The molecule has 0 aliphatic carbocycles. The quantitative estimate of drug-likeness (QED) is 0.503. The van der Waals surface area contributed by atoms with Gasteiger partial charge in [-0.25, -0.2) is 13.4 Å². The SMILES string of the molecule is CCN(CCNC(=O)CS(=O)(=O)Cc1nc(-c2ccc(C)cc2)oc1C)c1ccccc1. The molecule has 1 amide bonds. The van der Waals surface area contributed by atoms with Gasteiger partial charge >= 0.3 is 0 Å². The first-order chi connectivity index (χ1) is 15.3. The van der Waals surface area contributed by atoms with Gasteiger partial charge in [0, 0.05) is 30.9 Å². The Bertz CT molecular complexity index is 1140. The highest BCUT2D eigenvalue weighted by Gasteiger charge is 2.22. The van der Waals surface area contributed by atoms with E-state index in [0.717, 1.165) is 23.4 Å². The summed E-state index contributed by atoms with van der Waals surface area (Å²) < 4.78 is 30.8. The van der Waals surface area contributed by atoms with Crippen molar-refractivity contribution in [3.63, 3.8) is 0 Å². The van der Waals surface area contributed by atoms with Crippen LogP contribution in [0, 0.1) is 13.8 Å². The minimum absolute atomic E-state index is 0.328. The molecule has 1 aromatic heterocycles. The van der Waals surface area contributed by atoms with Crippen molar-refractivity contribution in [1.82, 2.24) is 10.3 Å². The van der Waals surface area contributed by atoms with Crippen molar-refractivity contribution in [2.75, 3.05) is 30.3 Å². The number of carbonyl (C=O) groups excluding carboxylic acids is 1. The van der Waals surface area contributed by atoms with Gasteiger partial charge in [0.1, 0.15) is 11.5 Å². The molecule has 0 unspecified atom stereocenters. The van der Waals surface area contributed by atoms with Crippen molar-refractivity contribution in [2.45, 2.75) is 26.5 Å². The predicted octanol–water partition coefficient (Wildman–Crippen LogP) is 3.52. The van der Waals surface area contributed by atoms with Gasteiger partial charge in [-0.2, -0.15) is 0 Å². The van der Waals surface area contributed by atoms with Gasteiger partial charge in [-0.15, -0.1) is 0 Å². The topological polar surface area (TPSA) is 92.5 Å². The Hall–Kier alpha value is -3.13. The fourth-order valence-corrected chi connectivity index (χ4v) is 4.62. The van der Waals surface area contributed by atoms with Crippen LogP contribution in [-0.2, 0) is 20.4 Å². The number of carbonyl (C=O) groups is 1. The number of amides is 1. The Morgan fingerprint density at radius 3 is 2.41 bits per heavy atom. The molecule has 8 heteroatoms. The minimum Gasteiger partial charge on any atom is -0.441 e. The molecule has 0 aliphatic rings. The second-order valence-electron chi connectivity index (χ2n) is 7.69. The molecule has 2 aromatic carbocycles. The standard InChI is InChI=1S/C24H29N3O4S/c1-4-27(21-8-6-5-7-9-21)15-14-25-23(28)17-32(29,30)16-22-19(3)31-24(26-22)20-12-10-18(2)11-13-20/h5-13H,4,14-17H2,1-3H3,(H,25,28). The number of para-hydroxylation sites is 1. The monoisotopic (exact) mass is 455 g/mol. The normalized spacial score (nSPS) is 11.3. The van der Waals surface area contributed by atoms with Gasteiger partial charge in [0.2, 0.25) is 11.8 Å². The molecule has 3 rings (SSSR count). The highest BCUT2D eigenvalue weighted by molar-refractivity contribution is 7.91. The van der Waals surface area contributed by atoms with Crippen molar-refractivity contribution >= 4 is 21.4 Å². The van der Waals surface area contributed by atoms with Crippen LogP contribution in [0.3, 0.4) is 0 Å². The first kappa shape index (κ1) is 23.5. The lowest BCUT2D eigenvalue weighted by Gasteiger charge is -2.23. The summed E-state index contributed by atoms with van der Waals surface area (Å²) in [7, 11) is -3.69. The van der Waals surface area contributed by atoms with Gasteiger partial charge in [-0.3, -0.25) is 4.79 Å². The second-order valence-corrected chi connectivity index (χ2v) is 9.75. The maximum absolute atomic E-state index is 12.6. The van der Waals surface area contributed by atoms with Gasteiger partial charge in [0.05, 0.1) is 11.4 Å². The summed E-state index contributed by atoms with van der Waals surface area (Å²) in [5, 5.41) is 2.71. The number of benzene rings is 2. The summed E-state index contributed by atoms with van der Waals surface area (Å²) in [6.45, 7) is 7.43. The summed E-state index contributed by atoms with van der Waals surface area (Å²) in [5.74, 6) is -0.638. The lowest BCUT2D eigenvalue weighted by Crippen LogP contribution is -2.37. The first-order valence-electron chi connectivity index (χ1n) is 10.6. The van der Waals surface area contributed by atoms with Gasteiger partial charge in [0.25, 0.3) is 0 Å². The van der Waals surface area contributed by atoms with Crippen LogP contribution in [0.25, 0.3) is 11.5 Å². The van der Waals surface area contributed by atoms with E-state index in [1.165, 1.54) is 0 Å². The molecule has 1 N–H and O–H groups in total. The van der Waals surface area contributed by atoms with Crippen LogP contribution in [0.4, 0.5) is 5.69 Å². The summed E-state index contributed by atoms with van der Waals surface area (Å²) in [6.07, 6.45) is 0. The average molecular weight is 456 g/mol. The summed E-state index contributed by atoms with van der Waals surface area (Å²) in [5.41, 5.74) is 3.27. The van der Waals surface area contributed by atoms with E-state index in [1.54, 1.807) is 6.92 Å². The number of nitrogens with zero attached hydrogens (tertiary/aromatic N) is 2. The van der Waals surface area contributed by atoms with E-state index in [0.29, 0.717) is 30.4 Å². The largest absolute Gasteiger partial charge is 0.441 e. The number of hydrogen-bond acceptors (Lipinski definition) is 6. The number of nitrogens with one attached hydrogen (secondary N) is 1. The Balaban J connectivity index is 1.54. The van der Waals surface area contributed by atoms with Gasteiger partial charge in [-0.1, -0.05) is 35.9 Å². The third-order valence-electron chi connectivity index (χ3n) is 5.11. The molecular weight excluding hydrogens is 426 g/mol. The van der Waals surface area contributed by atoms with Crippen molar-refractivity contribution in [2.24, 2.45) is 0 Å². The van der Waals surface area contributed by atoms with Crippen LogP contribution in [-0.4, -0.2) is 44.7 Å². The molecule has 0 atom stereocenters. The zero-order chi connectivity index (χ0) is 23.1. The van der Waals surface area contributed by atoms with Crippen LogP contribution in [0.5, 0.6) is 0 Å². The molecule has 170 valence electrons. The number of hydrogen-bond donors (Lipinski definition) is 1. The number of anilines is 1. The molecule has 0 fully saturated rings. The third kappa shape index (κ3) is 6.43. The fourth-order valence-electron chi connectivity index (χ4n) is 3.33. The van der Waals surface area contributed by atoms with E-state index in [-0.39, 0.29) is 5.75 Å². The average Bonchev–Trinajstić information content (AvgIpc) is 3.11. The van der Waals surface area contributed by atoms with Crippen LogP contribution >= 0.6 is 0 Å². The van der Waals surface area contributed by atoms with Crippen LogP contribution < -0.4 is 10.2 Å². The summed E-state index contributed by atoms with van der Waals surface area (Å²) in [4.78, 5) is 18.7. The van der Waals surface area contributed by atoms with Crippen molar-refractivity contribution in [1.29, 1.82) is 0 Å². The molecule has 0 bridgehead atoms. The highest BCUT2D eigenvalue weighted by atomic mass is 32.2. The van der Waals surface area contributed by atoms with Crippen LogP contribution in [0.1, 0.15) is 23.9 Å². The van der Waals surface area contributed by atoms with Crippen LogP contribution in [0.15, 0.2) is 59.0 Å². The molecule has 7 nitrogen and oxygen atoms in total. The zero-order valence-electron chi connectivity index (χ0n) is 18.7. The smallest absolute Gasteiger partial charge is 0.235 e. The molecule has 3 aromatic rings. The number of likely N-dealkylation sites (N-methyl/N-ethyl adjacent to an activating group) is 1. The van der Waals surface area contributed by atoms with Gasteiger partial charge in [-0.05, 0) is 45.0 Å². The number of rotatable bonds is 10. The van der Waals surface area contributed by atoms with E-state index in [2.05, 4.69) is 15.2 Å². The summed E-state index contributed by atoms with van der Waals surface area (Å²) >= 11 is 0. The molecule has 0 spiro atoms. The lowest BCUT2D eigenvalue weighted by molar-refractivity contribution is -0.118. The molecule has 0 aliphatic heterocycles. The maximum atomic E-state index is 12.6. The lowest BCUT2D eigenvalue weighted by atomic mass is 10.1. The molecular formula is C24H29N3O4S. The molecule has 0 saturated carbocycles. The third-order valence-corrected chi connectivity index (χ3v) is 6.52. The first-order valence-corrected chi connectivity index (χ1v) is 12.4. The van der Waals surface area contributed by atoms with E-state index >= 15 is 0 Å². The number of aromatic nitrogens is 1. The van der Waals surface area contributed by atoms with Gasteiger partial charge in [0.15, 0.2) is 9.84 Å². The van der Waals surface area contributed by atoms with E-state index < -0.39 is 21.5 Å². The maximum Gasteiger partial charge on any atom is 0.235 e. The Morgan fingerprint density at radius 1 is 1.06 bits per heavy atom. The Morgan fingerprint density at radius 2 is 1.75 bits per heavy atom.